The second kappa shape index (κ2) is 5.10. The van der Waals surface area contributed by atoms with Gasteiger partial charge < -0.3 is 5.32 Å². The minimum atomic E-state index is -0.284. The summed E-state index contributed by atoms with van der Waals surface area (Å²) in [6.45, 7) is 0.754. The first-order valence-corrected chi connectivity index (χ1v) is 5.30. The zero-order valence-corrected chi connectivity index (χ0v) is 7.82. The van der Waals surface area contributed by atoms with Crippen LogP contribution in [0.15, 0.2) is 0 Å². The molecule has 3 heteroatoms. The summed E-state index contributed by atoms with van der Waals surface area (Å²) in [7, 11) is 0. The lowest BCUT2D eigenvalue weighted by atomic mass is 10.0. The van der Waals surface area contributed by atoms with Crippen LogP contribution in [-0.4, -0.2) is 24.0 Å². The average molecular weight is 183 g/mol. The molecule has 2 nitrogen and oxygen atoms in total. The second-order valence-electron chi connectivity index (χ2n) is 2.91. The van der Waals surface area contributed by atoms with Crippen LogP contribution in [-0.2, 0) is 4.79 Å². The zero-order valence-electron chi connectivity index (χ0n) is 7.01. The van der Waals surface area contributed by atoms with Gasteiger partial charge in [-0.3, -0.25) is 4.79 Å². The number of carbonyl (C=O) groups excluding carboxylic acids is 1. The fourth-order valence-electron chi connectivity index (χ4n) is 1.24. The molecule has 12 heavy (non-hydrogen) atoms. The maximum Gasteiger partial charge on any atom is 0.295 e. The van der Waals surface area contributed by atoms with Gasteiger partial charge in [-0.2, -0.15) is 11.8 Å². The Labute approximate surface area is 77.5 Å². The Hall–Kier alpha value is -0.620. The molecule has 1 N–H and O–H groups in total. The van der Waals surface area contributed by atoms with E-state index >= 15 is 0 Å². The van der Waals surface area contributed by atoms with Crippen molar-refractivity contribution in [3.63, 3.8) is 0 Å². The zero-order chi connectivity index (χ0) is 8.81. The number of terminal acetylenes is 1. The van der Waals surface area contributed by atoms with Crippen molar-refractivity contribution in [2.24, 2.45) is 5.92 Å². The van der Waals surface area contributed by atoms with Crippen LogP contribution in [0.5, 0.6) is 0 Å². The van der Waals surface area contributed by atoms with Gasteiger partial charge in [0, 0.05) is 6.54 Å². The third kappa shape index (κ3) is 3.19. The molecule has 1 aliphatic heterocycles. The number of hydrogen-bond donors (Lipinski definition) is 1. The minimum Gasteiger partial charge on any atom is -0.345 e. The van der Waals surface area contributed by atoms with E-state index in [1.807, 2.05) is 17.7 Å². The van der Waals surface area contributed by atoms with E-state index in [-0.39, 0.29) is 5.91 Å². The van der Waals surface area contributed by atoms with Gasteiger partial charge in [0.1, 0.15) is 0 Å². The molecule has 0 bridgehead atoms. The Bertz CT molecular complexity index is 191. The van der Waals surface area contributed by atoms with Gasteiger partial charge in [-0.25, -0.2) is 0 Å². The van der Waals surface area contributed by atoms with Gasteiger partial charge in [-0.05, 0) is 36.2 Å². The summed E-state index contributed by atoms with van der Waals surface area (Å²) in [5.41, 5.74) is 0. The predicted octanol–water partition coefficient (Wildman–Crippen LogP) is 0.879. The first-order chi connectivity index (χ1) is 5.83. The molecule has 0 aromatic heterocycles. The van der Waals surface area contributed by atoms with Gasteiger partial charge in [-0.1, -0.05) is 0 Å². The molecule has 1 aliphatic rings. The molecule has 0 saturated carbocycles. The van der Waals surface area contributed by atoms with E-state index in [9.17, 15) is 4.79 Å². The van der Waals surface area contributed by atoms with Gasteiger partial charge in [0.2, 0.25) is 0 Å². The molecule has 0 aromatic carbocycles. The SMILES string of the molecule is C#CC(=O)NCC1CCSCC1. The predicted molar refractivity (Wildman–Crippen MR) is 51.9 cm³/mol. The summed E-state index contributed by atoms with van der Waals surface area (Å²) in [4.78, 5) is 10.7. The van der Waals surface area contributed by atoms with Crippen LogP contribution in [0.2, 0.25) is 0 Å². The molecule has 1 fully saturated rings. The van der Waals surface area contributed by atoms with E-state index in [1.54, 1.807) is 0 Å². The lowest BCUT2D eigenvalue weighted by Crippen LogP contribution is -2.29. The first kappa shape index (κ1) is 9.47. The van der Waals surface area contributed by atoms with E-state index in [1.165, 1.54) is 24.3 Å². The molecule has 0 radical (unpaired) electrons. The Morgan fingerprint density at radius 1 is 1.58 bits per heavy atom. The summed E-state index contributed by atoms with van der Waals surface area (Å²) in [5.74, 6) is 4.85. The first-order valence-electron chi connectivity index (χ1n) is 4.15. The molecule has 1 heterocycles. The molecular weight excluding hydrogens is 170 g/mol. The summed E-state index contributed by atoms with van der Waals surface area (Å²) >= 11 is 1.99. The van der Waals surface area contributed by atoms with Gasteiger partial charge in [0.15, 0.2) is 0 Å². The summed E-state index contributed by atoms with van der Waals surface area (Å²) in [6, 6.07) is 0. The molecular formula is C9H13NOS. The molecule has 1 saturated heterocycles. The van der Waals surface area contributed by atoms with Crippen LogP contribution in [0.3, 0.4) is 0 Å². The van der Waals surface area contributed by atoms with Gasteiger partial charge >= 0.3 is 0 Å². The Morgan fingerprint density at radius 2 is 2.25 bits per heavy atom. The second-order valence-corrected chi connectivity index (χ2v) is 4.13. The summed E-state index contributed by atoms with van der Waals surface area (Å²) in [6.07, 6.45) is 7.33. The Morgan fingerprint density at radius 3 is 2.83 bits per heavy atom. The van der Waals surface area contributed by atoms with E-state index in [2.05, 4.69) is 5.32 Å². The fraction of sp³-hybridized carbons (Fsp3) is 0.667. The van der Waals surface area contributed by atoms with E-state index in [0.29, 0.717) is 5.92 Å². The van der Waals surface area contributed by atoms with Crippen LogP contribution in [0.1, 0.15) is 12.8 Å². The average Bonchev–Trinajstić information content (AvgIpc) is 2.16. The third-order valence-corrected chi connectivity index (χ3v) is 3.07. The highest BCUT2D eigenvalue weighted by Gasteiger charge is 2.13. The highest BCUT2D eigenvalue weighted by atomic mass is 32.2. The normalized spacial score (nSPS) is 18.2. The van der Waals surface area contributed by atoms with Crippen molar-refractivity contribution >= 4 is 17.7 Å². The van der Waals surface area contributed by atoms with Crippen LogP contribution in [0, 0.1) is 18.3 Å². The maximum atomic E-state index is 10.7. The number of nitrogens with one attached hydrogen (secondary N) is 1. The third-order valence-electron chi connectivity index (χ3n) is 2.02. The molecule has 0 unspecified atom stereocenters. The van der Waals surface area contributed by atoms with E-state index in [0.717, 1.165) is 6.54 Å². The summed E-state index contributed by atoms with van der Waals surface area (Å²) in [5, 5.41) is 2.72. The lowest BCUT2D eigenvalue weighted by Gasteiger charge is -2.20. The van der Waals surface area contributed by atoms with Crippen LogP contribution in [0.25, 0.3) is 0 Å². The van der Waals surface area contributed by atoms with Crippen molar-refractivity contribution in [3.05, 3.63) is 0 Å². The highest BCUT2D eigenvalue weighted by Crippen LogP contribution is 2.21. The molecule has 1 rings (SSSR count). The molecule has 0 aliphatic carbocycles. The standard InChI is InChI=1S/C9H13NOS/c1-2-9(11)10-7-8-3-5-12-6-4-8/h1,8H,3-7H2,(H,10,11). The van der Waals surface area contributed by atoms with Gasteiger partial charge in [0.25, 0.3) is 5.91 Å². The fourth-order valence-corrected chi connectivity index (χ4v) is 2.44. The van der Waals surface area contributed by atoms with E-state index in [4.69, 9.17) is 6.42 Å². The number of carbonyl (C=O) groups is 1. The topological polar surface area (TPSA) is 29.1 Å². The van der Waals surface area contributed by atoms with Crippen LogP contribution >= 0.6 is 11.8 Å². The molecule has 66 valence electrons. The molecule has 0 spiro atoms. The number of thioether (sulfide) groups is 1. The van der Waals surface area contributed by atoms with E-state index < -0.39 is 0 Å². The van der Waals surface area contributed by atoms with Crippen molar-refractivity contribution in [1.29, 1.82) is 0 Å². The number of rotatable bonds is 2. The number of amides is 1. The smallest absolute Gasteiger partial charge is 0.295 e. The maximum absolute atomic E-state index is 10.7. The van der Waals surface area contributed by atoms with Crippen molar-refractivity contribution < 1.29 is 4.79 Å². The molecule has 0 aromatic rings. The van der Waals surface area contributed by atoms with Crippen molar-refractivity contribution in [2.75, 3.05) is 18.1 Å². The molecule has 0 atom stereocenters. The van der Waals surface area contributed by atoms with Crippen LogP contribution < -0.4 is 5.32 Å². The lowest BCUT2D eigenvalue weighted by molar-refractivity contribution is -0.115. The van der Waals surface area contributed by atoms with Crippen molar-refractivity contribution in [2.45, 2.75) is 12.8 Å². The largest absolute Gasteiger partial charge is 0.345 e. The minimum absolute atomic E-state index is 0.284. The monoisotopic (exact) mass is 183 g/mol. The van der Waals surface area contributed by atoms with Crippen molar-refractivity contribution in [3.8, 4) is 12.3 Å². The van der Waals surface area contributed by atoms with Crippen LogP contribution in [0.4, 0.5) is 0 Å². The Kier molecular flexibility index (Phi) is 4.02. The Balaban J connectivity index is 2.14. The quantitative estimate of drug-likeness (QED) is 0.644. The number of hydrogen-bond acceptors (Lipinski definition) is 2. The highest BCUT2D eigenvalue weighted by molar-refractivity contribution is 7.99. The molecule has 1 amide bonds. The van der Waals surface area contributed by atoms with Crippen molar-refractivity contribution in [1.82, 2.24) is 5.32 Å². The van der Waals surface area contributed by atoms with Gasteiger partial charge in [-0.15, -0.1) is 6.42 Å². The van der Waals surface area contributed by atoms with Gasteiger partial charge in [0.05, 0.1) is 0 Å². The summed E-state index contributed by atoms with van der Waals surface area (Å²) < 4.78 is 0.